The zero-order valence-electron chi connectivity index (χ0n) is 11.8. The SMILES string of the molecule is Cc1cccc(F)c1NC1CCCCc2ccccc21. The van der Waals surface area contributed by atoms with Gasteiger partial charge in [0.1, 0.15) is 5.82 Å². The van der Waals surface area contributed by atoms with Crippen molar-refractivity contribution in [2.75, 3.05) is 5.32 Å². The summed E-state index contributed by atoms with van der Waals surface area (Å²) in [5, 5.41) is 3.44. The van der Waals surface area contributed by atoms with Crippen LogP contribution in [-0.4, -0.2) is 0 Å². The first-order chi connectivity index (χ1) is 9.75. The second-order valence-electron chi connectivity index (χ2n) is 5.57. The number of nitrogens with one attached hydrogen (secondary N) is 1. The van der Waals surface area contributed by atoms with Gasteiger partial charge < -0.3 is 5.32 Å². The Kier molecular flexibility index (Phi) is 3.72. The molecular formula is C18H20FN. The minimum atomic E-state index is -0.160. The average molecular weight is 269 g/mol. The van der Waals surface area contributed by atoms with Crippen molar-refractivity contribution >= 4 is 5.69 Å². The number of anilines is 1. The van der Waals surface area contributed by atoms with Crippen LogP contribution in [0, 0.1) is 12.7 Å². The maximum absolute atomic E-state index is 14.0. The lowest BCUT2D eigenvalue weighted by atomic mass is 9.98. The van der Waals surface area contributed by atoms with Gasteiger partial charge >= 0.3 is 0 Å². The van der Waals surface area contributed by atoms with Crippen molar-refractivity contribution in [2.45, 2.75) is 38.6 Å². The lowest BCUT2D eigenvalue weighted by Crippen LogP contribution is -2.13. The molecule has 0 bridgehead atoms. The normalized spacial score (nSPS) is 18.2. The predicted molar refractivity (Wildman–Crippen MR) is 81.5 cm³/mol. The lowest BCUT2D eigenvalue weighted by molar-refractivity contribution is 0.611. The minimum absolute atomic E-state index is 0.160. The molecule has 0 fully saturated rings. The molecule has 0 aromatic heterocycles. The van der Waals surface area contributed by atoms with Gasteiger partial charge in [0, 0.05) is 0 Å². The molecule has 2 aromatic rings. The number of rotatable bonds is 2. The number of aryl methyl sites for hydroxylation is 2. The fraction of sp³-hybridized carbons (Fsp3) is 0.333. The van der Waals surface area contributed by atoms with E-state index in [-0.39, 0.29) is 11.9 Å². The van der Waals surface area contributed by atoms with E-state index in [4.69, 9.17) is 0 Å². The van der Waals surface area contributed by atoms with Crippen LogP contribution in [0.4, 0.5) is 10.1 Å². The zero-order chi connectivity index (χ0) is 13.9. The van der Waals surface area contributed by atoms with E-state index < -0.39 is 0 Å². The van der Waals surface area contributed by atoms with E-state index >= 15 is 0 Å². The number of hydrogen-bond acceptors (Lipinski definition) is 1. The minimum Gasteiger partial charge on any atom is -0.376 e. The average Bonchev–Trinajstić information content (AvgIpc) is 2.66. The Morgan fingerprint density at radius 1 is 1.05 bits per heavy atom. The molecule has 0 amide bonds. The number of hydrogen-bond donors (Lipinski definition) is 1. The molecule has 1 nitrogen and oxygen atoms in total. The van der Waals surface area contributed by atoms with Crippen LogP contribution in [0.1, 0.15) is 42.0 Å². The van der Waals surface area contributed by atoms with Crippen molar-refractivity contribution in [1.82, 2.24) is 0 Å². The molecule has 2 aromatic carbocycles. The largest absolute Gasteiger partial charge is 0.376 e. The summed E-state index contributed by atoms with van der Waals surface area (Å²) < 4.78 is 14.0. The highest BCUT2D eigenvalue weighted by molar-refractivity contribution is 5.54. The van der Waals surface area contributed by atoms with Gasteiger partial charge in [-0.1, -0.05) is 42.8 Å². The van der Waals surface area contributed by atoms with E-state index in [1.165, 1.54) is 30.0 Å². The Labute approximate surface area is 119 Å². The molecule has 1 aliphatic rings. The Bertz CT molecular complexity index is 586. The number of benzene rings is 2. The Balaban J connectivity index is 1.94. The standard InChI is InChI=1S/C18H20FN/c1-13-7-6-11-16(19)18(13)20-17-12-5-3-9-14-8-2-4-10-15(14)17/h2,4,6-8,10-11,17,20H,3,5,9,12H2,1H3. The second kappa shape index (κ2) is 5.66. The summed E-state index contributed by atoms with van der Waals surface area (Å²) in [4.78, 5) is 0. The van der Waals surface area contributed by atoms with Gasteiger partial charge in [0.25, 0.3) is 0 Å². The Morgan fingerprint density at radius 3 is 2.75 bits per heavy atom. The van der Waals surface area contributed by atoms with Crippen molar-refractivity contribution in [3.05, 3.63) is 65.0 Å². The van der Waals surface area contributed by atoms with E-state index in [1.54, 1.807) is 6.07 Å². The van der Waals surface area contributed by atoms with Crippen LogP contribution >= 0.6 is 0 Å². The molecule has 0 saturated carbocycles. The smallest absolute Gasteiger partial charge is 0.146 e. The molecule has 20 heavy (non-hydrogen) atoms. The van der Waals surface area contributed by atoms with Gasteiger partial charge in [-0.25, -0.2) is 4.39 Å². The first kappa shape index (κ1) is 13.2. The first-order valence-electron chi connectivity index (χ1n) is 7.35. The molecule has 0 heterocycles. The molecule has 0 aliphatic heterocycles. The maximum atomic E-state index is 14.0. The monoisotopic (exact) mass is 269 g/mol. The summed E-state index contributed by atoms with van der Waals surface area (Å²) in [6.45, 7) is 1.95. The van der Waals surface area contributed by atoms with Crippen LogP contribution in [0.5, 0.6) is 0 Å². The van der Waals surface area contributed by atoms with Gasteiger partial charge in [-0.3, -0.25) is 0 Å². The van der Waals surface area contributed by atoms with Gasteiger partial charge in [-0.2, -0.15) is 0 Å². The van der Waals surface area contributed by atoms with Crippen molar-refractivity contribution in [3.8, 4) is 0 Å². The van der Waals surface area contributed by atoms with E-state index in [2.05, 4.69) is 29.6 Å². The molecular weight excluding hydrogens is 249 g/mol. The van der Waals surface area contributed by atoms with E-state index in [9.17, 15) is 4.39 Å². The van der Waals surface area contributed by atoms with E-state index in [0.717, 1.165) is 18.4 Å². The van der Waals surface area contributed by atoms with Gasteiger partial charge in [0.15, 0.2) is 0 Å². The summed E-state index contributed by atoms with van der Waals surface area (Å²) in [7, 11) is 0. The highest BCUT2D eigenvalue weighted by atomic mass is 19.1. The quantitative estimate of drug-likeness (QED) is 0.755. The molecule has 0 spiro atoms. The molecule has 0 saturated heterocycles. The number of fused-ring (bicyclic) bond motifs is 1. The van der Waals surface area contributed by atoms with Crippen molar-refractivity contribution in [3.63, 3.8) is 0 Å². The van der Waals surface area contributed by atoms with Gasteiger partial charge in [0.05, 0.1) is 11.7 Å². The van der Waals surface area contributed by atoms with Gasteiger partial charge in [-0.15, -0.1) is 0 Å². The molecule has 3 rings (SSSR count). The third kappa shape index (κ3) is 2.55. The molecule has 1 unspecified atom stereocenters. The van der Waals surface area contributed by atoms with E-state index in [1.807, 2.05) is 13.0 Å². The third-order valence-corrected chi connectivity index (χ3v) is 4.16. The number of halogens is 1. The summed E-state index contributed by atoms with van der Waals surface area (Å²) >= 11 is 0. The van der Waals surface area contributed by atoms with Gasteiger partial charge in [0.2, 0.25) is 0 Å². The fourth-order valence-electron chi connectivity index (χ4n) is 3.06. The fourth-order valence-corrected chi connectivity index (χ4v) is 3.06. The van der Waals surface area contributed by atoms with Crippen molar-refractivity contribution in [1.29, 1.82) is 0 Å². The molecule has 0 radical (unpaired) electrons. The van der Waals surface area contributed by atoms with Crippen LogP contribution in [-0.2, 0) is 6.42 Å². The number of para-hydroxylation sites is 1. The lowest BCUT2D eigenvalue weighted by Gasteiger charge is -2.22. The summed E-state index contributed by atoms with van der Waals surface area (Å²) in [6, 6.07) is 14.0. The summed E-state index contributed by atoms with van der Waals surface area (Å²) in [5.41, 5.74) is 4.34. The molecule has 104 valence electrons. The zero-order valence-corrected chi connectivity index (χ0v) is 11.8. The highest BCUT2D eigenvalue weighted by Gasteiger charge is 2.19. The summed E-state index contributed by atoms with van der Waals surface area (Å²) in [5.74, 6) is -0.160. The predicted octanol–water partition coefficient (Wildman–Crippen LogP) is 5.01. The molecule has 1 aliphatic carbocycles. The second-order valence-corrected chi connectivity index (χ2v) is 5.57. The first-order valence-corrected chi connectivity index (χ1v) is 7.35. The van der Waals surface area contributed by atoms with Crippen LogP contribution < -0.4 is 5.32 Å². The van der Waals surface area contributed by atoms with Crippen molar-refractivity contribution < 1.29 is 4.39 Å². The van der Waals surface area contributed by atoms with Crippen molar-refractivity contribution in [2.24, 2.45) is 0 Å². The highest BCUT2D eigenvalue weighted by Crippen LogP contribution is 2.33. The van der Waals surface area contributed by atoms with Crippen LogP contribution in [0.15, 0.2) is 42.5 Å². The Morgan fingerprint density at radius 2 is 1.90 bits per heavy atom. The Hall–Kier alpha value is -1.83. The van der Waals surface area contributed by atoms with Crippen LogP contribution in [0.2, 0.25) is 0 Å². The maximum Gasteiger partial charge on any atom is 0.146 e. The molecule has 1 atom stereocenters. The summed E-state index contributed by atoms with van der Waals surface area (Å²) in [6.07, 6.45) is 4.58. The van der Waals surface area contributed by atoms with Crippen LogP contribution in [0.3, 0.4) is 0 Å². The third-order valence-electron chi connectivity index (χ3n) is 4.16. The topological polar surface area (TPSA) is 12.0 Å². The molecule has 1 N–H and O–H groups in total. The van der Waals surface area contributed by atoms with Gasteiger partial charge in [-0.05, 0) is 48.9 Å². The van der Waals surface area contributed by atoms with Crippen LogP contribution in [0.25, 0.3) is 0 Å². The van der Waals surface area contributed by atoms with E-state index in [0.29, 0.717) is 5.69 Å². The molecule has 2 heteroatoms.